The van der Waals surface area contributed by atoms with Gasteiger partial charge in [-0.2, -0.15) is 4.98 Å². The lowest BCUT2D eigenvalue weighted by Crippen LogP contribution is -2.47. The van der Waals surface area contributed by atoms with E-state index >= 15 is 0 Å². The molecule has 0 saturated heterocycles. The summed E-state index contributed by atoms with van der Waals surface area (Å²) in [6.45, 7) is 3.18. The highest BCUT2D eigenvalue weighted by molar-refractivity contribution is 6.30. The van der Waals surface area contributed by atoms with Gasteiger partial charge in [-0.15, -0.1) is 0 Å². The van der Waals surface area contributed by atoms with Crippen LogP contribution in [0.15, 0.2) is 33.9 Å². The Morgan fingerprint density at radius 1 is 1.17 bits per heavy atom. The van der Waals surface area contributed by atoms with Crippen LogP contribution in [-0.2, 0) is 18.3 Å². The van der Waals surface area contributed by atoms with Gasteiger partial charge in [0.05, 0.1) is 12.6 Å². The first kappa shape index (κ1) is 21.2. The van der Waals surface area contributed by atoms with Crippen molar-refractivity contribution in [3.8, 4) is 0 Å². The summed E-state index contributed by atoms with van der Waals surface area (Å²) in [5, 5.41) is 0.796. The van der Waals surface area contributed by atoms with Gasteiger partial charge in [-0.05, 0) is 48.6 Å². The first-order valence-electron chi connectivity index (χ1n) is 10.1. The van der Waals surface area contributed by atoms with E-state index in [1.165, 1.54) is 9.13 Å². The highest BCUT2D eigenvalue weighted by Gasteiger charge is 2.34. The smallest absolute Gasteiger partial charge is 0.332 e. The average Bonchev–Trinajstić information content (AvgIpc) is 3.02. The molecule has 0 atom stereocenters. The van der Waals surface area contributed by atoms with Gasteiger partial charge >= 0.3 is 5.69 Å². The van der Waals surface area contributed by atoms with Crippen molar-refractivity contribution in [2.45, 2.75) is 51.3 Å². The third-order valence-electron chi connectivity index (χ3n) is 5.68. The fourth-order valence-corrected chi connectivity index (χ4v) is 4.18. The minimum absolute atomic E-state index is 0.0939. The van der Waals surface area contributed by atoms with Crippen LogP contribution in [-0.4, -0.2) is 31.4 Å². The normalized spacial score (nSPS) is 18.7. The van der Waals surface area contributed by atoms with Crippen molar-refractivity contribution < 1.29 is 4.74 Å². The van der Waals surface area contributed by atoms with Crippen molar-refractivity contribution >= 4 is 34.4 Å². The molecule has 2 aromatic heterocycles. The molecule has 0 radical (unpaired) electrons. The number of rotatable bonds is 7. The molecule has 1 saturated carbocycles. The van der Waals surface area contributed by atoms with E-state index in [0.717, 1.165) is 18.4 Å². The van der Waals surface area contributed by atoms with Gasteiger partial charge in [0.1, 0.15) is 0 Å². The molecule has 1 fully saturated rings. The van der Waals surface area contributed by atoms with Gasteiger partial charge in [0.2, 0.25) is 5.28 Å². The number of hydrogen-bond donors (Lipinski definition) is 0. The number of hydrogen-bond acceptors (Lipinski definition) is 4. The largest absolute Gasteiger partial charge is 0.378 e. The number of nitrogens with zero attached hydrogens (tertiary/aromatic N) is 4. The average molecular weight is 451 g/mol. The van der Waals surface area contributed by atoms with Gasteiger partial charge in [0.25, 0.3) is 5.56 Å². The Labute approximate surface area is 183 Å². The molecule has 0 N–H and O–H groups in total. The second kappa shape index (κ2) is 8.57. The van der Waals surface area contributed by atoms with E-state index in [1.54, 1.807) is 23.7 Å². The number of aryl methyl sites for hydroxylation is 1. The number of halogens is 2. The van der Waals surface area contributed by atoms with Crippen molar-refractivity contribution in [1.82, 2.24) is 18.7 Å². The van der Waals surface area contributed by atoms with Crippen LogP contribution in [0.1, 0.15) is 44.2 Å². The highest BCUT2D eigenvalue weighted by Crippen LogP contribution is 2.33. The van der Waals surface area contributed by atoms with E-state index in [1.807, 2.05) is 12.1 Å². The van der Waals surface area contributed by atoms with Gasteiger partial charge < -0.3 is 9.30 Å². The molecule has 4 rings (SSSR count). The number of fused-ring (bicyclic) bond motifs is 1. The Kier molecular flexibility index (Phi) is 6.04. The van der Waals surface area contributed by atoms with Gasteiger partial charge in [0.15, 0.2) is 11.2 Å². The topological polar surface area (TPSA) is 71.1 Å². The number of aromatic nitrogens is 4. The molecule has 0 unspecified atom stereocenters. The summed E-state index contributed by atoms with van der Waals surface area (Å²) in [6, 6.07) is 7.13. The minimum Gasteiger partial charge on any atom is -0.378 e. The molecule has 1 aliphatic carbocycles. The second-order valence-electron chi connectivity index (χ2n) is 7.75. The van der Waals surface area contributed by atoms with E-state index < -0.39 is 0 Å². The van der Waals surface area contributed by atoms with Crippen LogP contribution in [0.2, 0.25) is 10.3 Å². The maximum atomic E-state index is 13.3. The summed E-state index contributed by atoms with van der Waals surface area (Å²) in [4.78, 5) is 30.5. The van der Waals surface area contributed by atoms with Crippen molar-refractivity contribution in [3.63, 3.8) is 0 Å². The van der Waals surface area contributed by atoms with Crippen LogP contribution in [0.25, 0.3) is 11.2 Å². The van der Waals surface area contributed by atoms with Gasteiger partial charge in [-0.25, -0.2) is 4.79 Å². The Morgan fingerprint density at radius 2 is 1.87 bits per heavy atom. The van der Waals surface area contributed by atoms with Crippen molar-refractivity contribution in [3.05, 3.63) is 61.0 Å². The minimum atomic E-state index is -0.377. The van der Waals surface area contributed by atoms with Crippen molar-refractivity contribution in [1.29, 1.82) is 0 Å². The Morgan fingerprint density at radius 3 is 2.53 bits per heavy atom. The second-order valence-corrected chi connectivity index (χ2v) is 8.53. The van der Waals surface area contributed by atoms with E-state index in [9.17, 15) is 9.59 Å². The molecular weight excluding hydrogens is 427 g/mol. The molecule has 30 heavy (non-hydrogen) atoms. The zero-order valence-electron chi connectivity index (χ0n) is 17.0. The van der Waals surface area contributed by atoms with Gasteiger partial charge in [-0.3, -0.25) is 13.9 Å². The number of unbranched alkanes of at least 4 members (excludes halogenated alkanes) is 1. The zero-order chi connectivity index (χ0) is 21.4. The first-order chi connectivity index (χ1) is 14.4. The molecule has 0 amide bonds. The Balaban J connectivity index is 1.70. The number of imidazole rings is 1. The third-order valence-corrected chi connectivity index (χ3v) is 6.22. The summed E-state index contributed by atoms with van der Waals surface area (Å²) in [7, 11) is 1.62. The molecule has 1 aromatic carbocycles. The molecule has 0 bridgehead atoms. The fraction of sp³-hybridized carbons (Fsp3) is 0.476. The summed E-state index contributed by atoms with van der Waals surface area (Å²) in [5.74, 6) is 0. The Hall–Kier alpha value is -2.09. The summed E-state index contributed by atoms with van der Waals surface area (Å²) >= 11 is 12.3. The highest BCUT2D eigenvalue weighted by atomic mass is 35.5. The van der Waals surface area contributed by atoms with E-state index in [0.29, 0.717) is 36.5 Å². The van der Waals surface area contributed by atoms with E-state index in [2.05, 4.69) is 11.9 Å². The maximum absolute atomic E-state index is 13.3. The van der Waals surface area contributed by atoms with Crippen LogP contribution >= 0.6 is 23.2 Å². The van der Waals surface area contributed by atoms with Crippen LogP contribution in [0.4, 0.5) is 0 Å². The fourth-order valence-electron chi connectivity index (χ4n) is 3.83. The molecule has 9 heteroatoms. The predicted octanol–water partition coefficient (Wildman–Crippen LogP) is 3.77. The summed E-state index contributed by atoms with van der Waals surface area (Å²) in [5.41, 5.74) is 0.798. The molecule has 2 heterocycles. The molecule has 0 spiro atoms. The standard InChI is InChI=1S/C21H24Cl2N4O3/c1-3-4-9-30-16-10-15(11-16)27-19(28)17-18(25(2)21(27)29)24-20(23)26(17)12-13-5-7-14(22)8-6-13/h5-8,15-16H,3-4,9-12H2,1-2H3. The van der Waals surface area contributed by atoms with Crippen LogP contribution < -0.4 is 11.2 Å². The summed E-state index contributed by atoms with van der Waals surface area (Å²) in [6.07, 6.45) is 3.49. The maximum Gasteiger partial charge on any atom is 0.332 e. The molecule has 0 aliphatic heterocycles. The lowest BCUT2D eigenvalue weighted by Gasteiger charge is -2.35. The number of benzene rings is 1. The van der Waals surface area contributed by atoms with E-state index in [4.69, 9.17) is 27.9 Å². The number of ether oxygens (including phenoxy) is 1. The Bertz CT molecular complexity index is 1170. The van der Waals surface area contributed by atoms with E-state index in [-0.39, 0.29) is 34.3 Å². The lowest BCUT2D eigenvalue weighted by molar-refractivity contribution is -0.0287. The van der Waals surface area contributed by atoms with Crippen LogP contribution in [0.5, 0.6) is 0 Å². The molecule has 160 valence electrons. The lowest BCUT2D eigenvalue weighted by atomic mass is 9.89. The van der Waals surface area contributed by atoms with Gasteiger partial charge in [0, 0.05) is 24.7 Å². The first-order valence-corrected chi connectivity index (χ1v) is 10.9. The third kappa shape index (κ3) is 3.82. The molecule has 1 aliphatic rings. The van der Waals surface area contributed by atoms with Crippen molar-refractivity contribution in [2.75, 3.05) is 6.61 Å². The SMILES string of the molecule is CCCCOC1CC(n2c(=O)c3c(nc(Cl)n3Cc3ccc(Cl)cc3)n(C)c2=O)C1. The quantitative estimate of drug-likeness (QED) is 0.405. The molecular formula is C21H24Cl2N4O3. The molecule has 3 aromatic rings. The predicted molar refractivity (Wildman–Crippen MR) is 118 cm³/mol. The van der Waals surface area contributed by atoms with Crippen LogP contribution in [0, 0.1) is 0 Å². The van der Waals surface area contributed by atoms with Gasteiger partial charge in [-0.1, -0.05) is 37.1 Å². The van der Waals surface area contributed by atoms with Crippen LogP contribution in [0.3, 0.4) is 0 Å². The zero-order valence-corrected chi connectivity index (χ0v) is 18.5. The summed E-state index contributed by atoms with van der Waals surface area (Å²) < 4.78 is 10.2. The molecule has 7 nitrogen and oxygen atoms in total. The monoisotopic (exact) mass is 450 g/mol. The van der Waals surface area contributed by atoms with Crippen molar-refractivity contribution in [2.24, 2.45) is 7.05 Å².